The molecule has 0 unspecified atom stereocenters. The molecule has 0 spiro atoms. The van der Waals surface area contributed by atoms with Crippen LogP contribution >= 0.6 is 0 Å². The standard InChI is InChI=1S/C2H2N5O4.K.H/c8-6(9)1-3-2(5-4-1)7(10)11;;/h(H,8,9)(H,3,4,5);;/q+1;;. The molecule has 1 aromatic rings. The number of nitrogens with one attached hydrogen (secondary N) is 1. The molecule has 2 N–H and O–H groups in total. The zero-order chi connectivity index (χ0) is 8.43. The summed E-state index contributed by atoms with van der Waals surface area (Å²) in [4.78, 5) is 21.3. The van der Waals surface area contributed by atoms with Gasteiger partial charge in [0.2, 0.25) is 0 Å². The summed E-state index contributed by atoms with van der Waals surface area (Å²) >= 11 is 0. The van der Waals surface area contributed by atoms with Crippen molar-refractivity contribution in [3.8, 4) is 0 Å². The summed E-state index contributed by atoms with van der Waals surface area (Å²) in [7, 11) is 0. The molecule has 0 saturated heterocycles. The van der Waals surface area contributed by atoms with Crippen LogP contribution in [0.2, 0.25) is 0 Å². The van der Waals surface area contributed by atoms with Gasteiger partial charge in [0, 0.05) is 4.98 Å². The molecule has 60 valence electrons. The van der Waals surface area contributed by atoms with Crippen molar-refractivity contribution in [2.75, 3.05) is 0 Å². The summed E-state index contributed by atoms with van der Waals surface area (Å²) in [6.07, 6.45) is 0. The van der Waals surface area contributed by atoms with Crippen LogP contribution in [0.3, 0.4) is 0 Å². The quantitative estimate of drug-likeness (QED) is 0.353. The molecule has 0 radical (unpaired) electrons. The Labute approximate surface area is 107 Å². The maximum atomic E-state index is 9.99. The summed E-state index contributed by atoms with van der Waals surface area (Å²) in [5.41, 5.74) is 0. The number of hydrogen-bond acceptors (Lipinski definition) is 5. The summed E-state index contributed by atoms with van der Waals surface area (Å²) in [6.45, 7) is 0. The number of rotatable bonds is 2. The molecule has 9 nitrogen and oxygen atoms in total. The number of H-pyrrole nitrogens is 1. The van der Waals surface area contributed by atoms with E-state index in [2.05, 4.69) is 10.1 Å². The Morgan fingerprint density at radius 3 is 2.33 bits per heavy atom. The van der Waals surface area contributed by atoms with Gasteiger partial charge in [0.05, 0.1) is 5.10 Å². The summed E-state index contributed by atoms with van der Waals surface area (Å²) in [5, 5.41) is 22.9. The van der Waals surface area contributed by atoms with Crippen LogP contribution in [0.1, 0.15) is 0 Å². The van der Waals surface area contributed by atoms with Gasteiger partial charge in [0.25, 0.3) is 0 Å². The van der Waals surface area contributed by atoms with E-state index in [1.165, 1.54) is 0 Å². The van der Waals surface area contributed by atoms with E-state index < -0.39 is 21.7 Å². The molecule has 0 atom stereocenters. The van der Waals surface area contributed by atoms with Crippen molar-refractivity contribution in [1.82, 2.24) is 15.2 Å². The Bertz CT molecular complexity index is 280. The first-order valence-electron chi connectivity index (χ1n) is 2.34. The van der Waals surface area contributed by atoms with Gasteiger partial charge in [-0.05, 0) is 9.83 Å². The van der Waals surface area contributed by atoms with Gasteiger partial charge < -0.3 is 15.3 Å². The van der Waals surface area contributed by atoms with E-state index >= 15 is 0 Å². The van der Waals surface area contributed by atoms with Crippen LogP contribution in [0.5, 0.6) is 0 Å². The minimum absolute atomic E-state index is 0. The fourth-order valence-electron chi connectivity index (χ4n) is 0.412. The molecule has 1 heterocycles. The molecule has 0 aliphatic rings. The van der Waals surface area contributed by atoms with Crippen molar-refractivity contribution in [3.05, 3.63) is 15.0 Å². The SMILES string of the molecule is O=[N+]([O-])c1nc([N+](=O)O)n[nH]1.[KH]. The fourth-order valence-corrected chi connectivity index (χ4v) is 0.412. The average Bonchev–Trinajstić information content (AvgIpc) is 2.33. The molecule has 0 fully saturated rings. The van der Waals surface area contributed by atoms with Crippen molar-refractivity contribution in [1.29, 1.82) is 0 Å². The molecule has 0 bridgehead atoms. The van der Waals surface area contributed by atoms with Crippen LogP contribution in [-0.2, 0) is 0 Å². The van der Waals surface area contributed by atoms with Crippen molar-refractivity contribution in [2.45, 2.75) is 0 Å². The molecule has 10 heteroatoms. The van der Waals surface area contributed by atoms with Crippen LogP contribution in [0, 0.1) is 15.0 Å². The average molecular weight is 200 g/mol. The van der Waals surface area contributed by atoms with Gasteiger partial charge in [-0.15, -0.1) is 0 Å². The zero-order valence-electron chi connectivity index (χ0n) is 4.96. The molecular formula is C2H3KN5O4+. The third-order valence-electron chi connectivity index (χ3n) is 0.806. The Morgan fingerprint density at radius 2 is 2.08 bits per heavy atom. The van der Waals surface area contributed by atoms with Crippen molar-refractivity contribution in [3.63, 3.8) is 0 Å². The second-order valence-electron chi connectivity index (χ2n) is 1.49. The second-order valence-corrected chi connectivity index (χ2v) is 1.49. The van der Waals surface area contributed by atoms with Gasteiger partial charge in [-0.3, -0.25) is 0 Å². The third kappa shape index (κ3) is 2.56. The van der Waals surface area contributed by atoms with Crippen LogP contribution in [0.4, 0.5) is 11.9 Å². The Hall–Kier alpha value is -0.424. The van der Waals surface area contributed by atoms with Gasteiger partial charge in [-0.2, -0.15) is 0 Å². The molecule has 1 aromatic heterocycles. The van der Waals surface area contributed by atoms with E-state index in [0.717, 1.165) is 0 Å². The van der Waals surface area contributed by atoms with E-state index in [4.69, 9.17) is 5.21 Å². The topological polar surface area (TPSA) is 125 Å². The molecule has 1 rings (SSSR count). The van der Waals surface area contributed by atoms with Crippen LogP contribution in [0.25, 0.3) is 0 Å². The van der Waals surface area contributed by atoms with Gasteiger partial charge in [-0.25, -0.2) is 0 Å². The second kappa shape index (κ2) is 4.56. The summed E-state index contributed by atoms with van der Waals surface area (Å²) < 4.78 is 0. The van der Waals surface area contributed by atoms with Gasteiger partial charge in [0.1, 0.15) is 0 Å². The van der Waals surface area contributed by atoms with Gasteiger partial charge >= 0.3 is 63.3 Å². The monoisotopic (exact) mass is 200 g/mol. The first kappa shape index (κ1) is 11.6. The molecule has 0 aromatic carbocycles. The number of aromatic amines is 1. The Morgan fingerprint density at radius 1 is 1.50 bits per heavy atom. The van der Waals surface area contributed by atoms with Crippen LogP contribution in [-0.4, -0.2) is 81.6 Å². The molecule has 0 aliphatic carbocycles. The van der Waals surface area contributed by atoms with E-state index in [1.54, 1.807) is 0 Å². The van der Waals surface area contributed by atoms with Crippen molar-refractivity contribution >= 4 is 63.3 Å². The predicted molar refractivity (Wildman–Crippen MR) is 35.3 cm³/mol. The Kier molecular flexibility index (Phi) is 4.40. The molecule has 0 aliphatic heterocycles. The molecular weight excluding hydrogens is 197 g/mol. The number of nitro groups is 1. The van der Waals surface area contributed by atoms with Gasteiger partial charge in [0.15, 0.2) is 4.92 Å². The van der Waals surface area contributed by atoms with Gasteiger partial charge in [-0.1, -0.05) is 5.10 Å². The van der Waals surface area contributed by atoms with Crippen LogP contribution < -0.4 is 0 Å². The van der Waals surface area contributed by atoms with Crippen LogP contribution in [0.15, 0.2) is 0 Å². The normalized spacial score (nSPS) is 8.67. The summed E-state index contributed by atoms with van der Waals surface area (Å²) in [6, 6.07) is 0. The van der Waals surface area contributed by atoms with Crippen molar-refractivity contribution < 1.29 is 15.1 Å². The number of nitrogens with zero attached hydrogens (tertiary/aromatic N) is 4. The molecule has 12 heavy (non-hydrogen) atoms. The Balaban J connectivity index is 0.00000121. The third-order valence-corrected chi connectivity index (χ3v) is 0.806. The van der Waals surface area contributed by atoms with Crippen molar-refractivity contribution in [2.24, 2.45) is 0 Å². The fraction of sp³-hybridized carbons (Fsp3) is 0. The first-order chi connectivity index (χ1) is 5.11. The number of aromatic nitrogens is 3. The number of hydrogen-bond donors (Lipinski definition) is 2. The maximum absolute atomic E-state index is 9.99. The van der Waals surface area contributed by atoms with E-state index in [1.807, 2.05) is 5.10 Å². The molecule has 0 saturated carbocycles. The van der Waals surface area contributed by atoms with E-state index in [9.17, 15) is 15.0 Å². The zero-order valence-corrected chi connectivity index (χ0v) is 4.96. The molecule has 0 amide bonds. The first-order valence-corrected chi connectivity index (χ1v) is 2.34. The van der Waals surface area contributed by atoms with E-state index in [-0.39, 0.29) is 51.4 Å². The minimum atomic E-state index is -0.875. The van der Waals surface area contributed by atoms with E-state index in [0.29, 0.717) is 0 Å². The summed E-state index contributed by atoms with van der Waals surface area (Å²) in [5.74, 6) is -1.40. The predicted octanol–water partition coefficient (Wildman–Crippen LogP) is -1.14.